The van der Waals surface area contributed by atoms with Crippen molar-refractivity contribution < 1.29 is 14.0 Å². The molecule has 2 heterocycles. The van der Waals surface area contributed by atoms with Gasteiger partial charge in [0.25, 0.3) is 5.91 Å². The van der Waals surface area contributed by atoms with E-state index in [1.165, 1.54) is 23.5 Å². The zero-order chi connectivity index (χ0) is 17.1. The monoisotopic (exact) mass is 347 g/mol. The molecule has 7 heteroatoms. The van der Waals surface area contributed by atoms with Gasteiger partial charge in [-0.2, -0.15) is 0 Å². The van der Waals surface area contributed by atoms with E-state index in [9.17, 15) is 14.0 Å². The maximum absolute atomic E-state index is 13.0. The van der Waals surface area contributed by atoms with E-state index >= 15 is 0 Å². The molecule has 1 N–H and O–H groups in total. The van der Waals surface area contributed by atoms with Gasteiger partial charge in [0, 0.05) is 13.6 Å². The molecule has 2 aromatic rings. The smallest absolute Gasteiger partial charge is 0.262 e. The summed E-state index contributed by atoms with van der Waals surface area (Å²) >= 11 is 1.33. The van der Waals surface area contributed by atoms with Gasteiger partial charge in [-0.25, -0.2) is 9.37 Å². The van der Waals surface area contributed by atoms with Crippen molar-refractivity contribution in [3.8, 4) is 0 Å². The number of carbonyl (C=O) groups is 2. The van der Waals surface area contributed by atoms with E-state index in [0.717, 1.165) is 23.4 Å². The minimum absolute atomic E-state index is 0.000742. The quantitative estimate of drug-likeness (QED) is 0.924. The molecular weight excluding hydrogens is 329 g/mol. The fourth-order valence-electron chi connectivity index (χ4n) is 2.87. The molecule has 1 unspecified atom stereocenters. The van der Waals surface area contributed by atoms with Crippen molar-refractivity contribution in [3.63, 3.8) is 0 Å². The topological polar surface area (TPSA) is 62.3 Å². The third-order valence-electron chi connectivity index (χ3n) is 4.10. The number of amides is 2. The first-order valence-corrected chi connectivity index (χ1v) is 8.62. The van der Waals surface area contributed by atoms with E-state index in [1.807, 2.05) is 4.90 Å². The van der Waals surface area contributed by atoms with E-state index in [-0.39, 0.29) is 30.1 Å². The van der Waals surface area contributed by atoms with Crippen molar-refractivity contribution in [2.24, 2.45) is 0 Å². The fourth-order valence-corrected chi connectivity index (χ4v) is 3.88. The molecule has 1 atom stereocenters. The Morgan fingerprint density at radius 1 is 1.38 bits per heavy atom. The van der Waals surface area contributed by atoms with Crippen molar-refractivity contribution in [2.45, 2.75) is 25.3 Å². The summed E-state index contributed by atoms with van der Waals surface area (Å²) in [5.74, 6) is -0.475. The van der Waals surface area contributed by atoms with Crippen LogP contribution in [0.15, 0.2) is 30.5 Å². The van der Waals surface area contributed by atoms with E-state index in [0.29, 0.717) is 11.4 Å². The Kier molecular flexibility index (Phi) is 4.89. The lowest BCUT2D eigenvalue weighted by Crippen LogP contribution is -2.31. The summed E-state index contributed by atoms with van der Waals surface area (Å²) in [6.45, 7) is 0.680. The molecule has 0 spiro atoms. The number of hydrogen-bond acceptors (Lipinski definition) is 4. The molecule has 5 nitrogen and oxygen atoms in total. The Labute approximate surface area is 143 Å². The van der Waals surface area contributed by atoms with Crippen LogP contribution in [0, 0.1) is 5.82 Å². The largest absolute Gasteiger partial charge is 0.354 e. The van der Waals surface area contributed by atoms with Crippen LogP contribution in [0.5, 0.6) is 0 Å². The van der Waals surface area contributed by atoms with Gasteiger partial charge in [0.05, 0.1) is 18.7 Å². The van der Waals surface area contributed by atoms with Crippen LogP contribution in [0.3, 0.4) is 0 Å². The first-order valence-electron chi connectivity index (χ1n) is 7.80. The molecule has 2 amide bonds. The summed E-state index contributed by atoms with van der Waals surface area (Å²) in [4.78, 5) is 31.0. The summed E-state index contributed by atoms with van der Waals surface area (Å²) in [7, 11) is 1.58. The highest BCUT2D eigenvalue weighted by molar-refractivity contribution is 7.13. The Morgan fingerprint density at radius 2 is 2.12 bits per heavy atom. The van der Waals surface area contributed by atoms with Crippen LogP contribution in [0.1, 0.15) is 39.1 Å². The number of aromatic nitrogens is 1. The van der Waals surface area contributed by atoms with E-state index in [2.05, 4.69) is 10.3 Å². The molecular formula is C17H18FN3O2S. The lowest BCUT2D eigenvalue weighted by Gasteiger charge is -2.23. The predicted molar refractivity (Wildman–Crippen MR) is 89.3 cm³/mol. The highest BCUT2D eigenvalue weighted by Gasteiger charge is 2.32. The van der Waals surface area contributed by atoms with Crippen LogP contribution in [0.4, 0.5) is 4.39 Å². The summed E-state index contributed by atoms with van der Waals surface area (Å²) in [5, 5.41) is 3.37. The van der Waals surface area contributed by atoms with Crippen LogP contribution in [0.2, 0.25) is 0 Å². The second kappa shape index (κ2) is 7.09. The maximum atomic E-state index is 13.0. The standard InChI is InChI=1S/C17H18FN3O2S/c1-19-16(23)14-10-20-17(24-14)13-3-2-8-21(13)15(22)9-11-4-6-12(18)7-5-11/h4-7,10,13H,2-3,8-9H2,1H3,(H,19,23). The SMILES string of the molecule is CNC(=O)c1cnc(C2CCCN2C(=O)Cc2ccc(F)cc2)s1. The average Bonchev–Trinajstić information content (AvgIpc) is 3.24. The molecule has 1 aliphatic heterocycles. The zero-order valence-electron chi connectivity index (χ0n) is 13.3. The molecule has 1 aromatic heterocycles. The fraction of sp³-hybridized carbons (Fsp3) is 0.353. The summed E-state index contributed by atoms with van der Waals surface area (Å²) in [6.07, 6.45) is 3.55. The number of rotatable bonds is 4. The van der Waals surface area contributed by atoms with E-state index in [4.69, 9.17) is 0 Å². The van der Waals surface area contributed by atoms with Crippen molar-refractivity contribution in [1.82, 2.24) is 15.2 Å². The second-order valence-electron chi connectivity index (χ2n) is 5.69. The van der Waals surface area contributed by atoms with Gasteiger partial charge in [0.1, 0.15) is 15.7 Å². The van der Waals surface area contributed by atoms with Crippen LogP contribution in [-0.4, -0.2) is 35.3 Å². The Morgan fingerprint density at radius 3 is 2.83 bits per heavy atom. The minimum atomic E-state index is -0.310. The molecule has 126 valence electrons. The summed E-state index contributed by atoms with van der Waals surface area (Å²) in [6, 6.07) is 5.90. The highest BCUT2D eigenvalue weighted by atomic mass is 32.1. The molecule has 1 fully saturated rings. The molecule has 1 aliphatic rings. The first-order chi connectivity index (χ1) is 11.6. The summed E-state index contributed by atoms with van der Waals surface area (Å²) < 4.78 is 13.0. The summed E-state index contributed by atoms with van der Waals surface area (Å²) in [5.41, 5.74) is 0.789. The highest BCUT2D eigenvalue weighted by Crippen LogP contribution is 2.34. The van der Waals surface area contributed by atoms with Crippen LogP contribution in [0.25, 0.3) is 0 Å². The number of likely N-dealkylation sites (tertiary alicyclic amines) is 1. The van der Waals surface area contributed by atoms with E-state index in [1.54, 1.807) is 25.4 Å². The molecule has 3 rings (SSSR count). The molecule has 24 heavy (non-hydrogen) atoms. The number of carbonyl (C=O) groups excluding carboxylic acids is 2. The van der Waals surface area contributed by atoms with Gasteiger partial charge in [0.2, 0.25) is 5.91 Å². The van der Waals surface area contributed by atoms with Crippen LogP contribution < -0.4 is 5.32 Å². The van der Waals surface area contributed by atoms with Gasteiger partial charge in [-0.3, -0.25) is 9.59 Å². The number of benzene rings is 1. The molecule has 0 bridgehead atoms. The van der Waals surface area contributed by atoms with Crippen LogP contribution >= 0.6 is 11.3 Å². The zero-order valence-corrected chi connectivity index (χ0v) is 14.1. The third-order valence-corrected chi connectivity index (χ3v) is 5.20. The van der Waals surface area contributed by atoms with Gasteiger partial charge in [-0.05, 0) is 30.5 Å². The van der Waals surface area contributed by atoms with Gasteiger partial charge < -0.3 is 10.2 Å². The molecule has 0 aliphatic carbocycles. The minimum Gasteiger partial charge on any atom is -0.354 e. The lowest BCUT2D eigenvalue weighted by molar-refractivity contribution is -0.131. The molecule has 0 saturated carbocycles. The average molecular weight is 347 g/mol. The number of thiazole rings is 1. The van der Waals surface area contributed by atoms with Gasteiger partial charge in [-0.1, -0.05) is 12.1 Å². The number of nitrogens with one attached hydrogen (secondary N) is 1. The van der Waals surface area contributed by atoms with E-state index < -0.39 is 0 Å². The van der Waals surface area contributed by atoms with Gasteiger partial charge in [0.15, 0.2) is 0 Å². The second-order valence-corrected chi connectivity index (χ2v) is 6.75. The Bertz CT molecular complexity index is 745. The van der Waals surface area contributed by atoms with Crippen molar-refractivity contribution in [2.75, 3.05) is 13.6 Å². The number of nitrogens with zero attached hydrogens (tertiary/aromatic N) is 2. The first kappa shape index (κ1) is 16.6. The van der Waals surface area contributed by atoms with Crippen molar-refractivity contribution in [3.05, 3.63) is 51.7 Å². The normalized spacial score (nSPS) is 17.1. The van der Waals surface area contributed by atoms with Crippen molar-refractivity contribution in [1.29, 1.82) is 0 Å². The Hall–Kier alpha value is -2.28. The molecule has 1 aromatic carbocycles. The molecule has 0 radical (unpaired) electrons. The van der Waals surface area contributed by atoms with Gasteiger partial charge in [-0.15, -0.1) is 11.3 Å². The predicted octanol–water partition coefficient (Wildman–Crippen LogP) is 2.55. The third kappa shape index (κ3) is 3.46. The van der Waals surface area contributed by atoms with Gasteiger partial charge >= 0.3 is 0 Å². The maximum Gasteiger partial charge on any atom is 0.262 e. The number of halogens is 1. The van der Waals surface area contributed by atoms with Crippen molar-refractivity contribution >= 4 is 23.2 Å². The Balaban J connectivity index is 1.72. The van der Waals surface area contributed by atoms with Crippen LogP contribution in [-0.2, 0) is 11.2 Å². The molecule has 1 saturated heterocycles. The lowest BCUT2D eigenvalue weighted by atomic mass is 10.1. The number of hydrogen-bond donors (Lipinski definition) is 1.